The molecule has 7 atom stereocenters. The molecule has 10 nitrogen and oxygen atoms in total. The first kappa shape index (κ1) is 23.6. The van der Waals surface area contributed by atoms with E-state index in [4.69, 9.17) is 9.26 Å². The third-order valence-electron chi connectivity index (χ3n) is 5.68. The summed E-state index contributed by atoms with van der Waals surface area (Å²) in [5.41, 5.74) is 0.291. The van der Waals surface area contributed by atoms with E-state index < -0.39 is 44.0 Å². The Kier molecular flexibility index (Phi) is 7.23. The summed E-state index contributed by atoms with van der Waals surface area (Å²) in [4.78, 5) is 8.34. The molecule has 0 saturated carbocycles. The fraction of sp³-hybridized carbons (Fsp3) is 0.722. The van der Waals surface area contributed by atoms with Gasteiger partial charge < -0.3 is 24.6 Å². The molecule has 30 heavy (non-hydrogen) atoms. The predicted octanol–water partition coefficient (Wildman–Crippen LogP) is 0.942. The number of imidazole rings is 1. The van der Waals surface area contributed by atoms with Crippen LogP contribution in [0.25, 0.3) is 11.2 Å². The zero-order valence-corrected chi connectivity index (χ0v) is 19.4. The lowest BCUT2D eigenvalue weighted by atomic mass is 9.93. The Labute approximate surface area is 181 Å². The van der Waals surface area contributed by atoms with Gasteiger partial charge in [-0.05, 0) is 19.8 Å². The zero-order chi connectivity index (χ0) is 22.2. The summed E-state index contributed by atoms with van der Waals surface area (Å²) in [5.74, 6) is -1.02. The van der Waals surface area contributed by atoms with Crippen LogP contribution in [0.15, 0.2) is 17.7 Å². The number of aliphatic hydroxyl groups is 3. The maximum atomic E-state index is 12.3. The Morgan fingerprint density at radius 1 is 1.40 bits per heavy atom. The van der Waals surface area contributed by atoms with Crippen LogP contribution in [-0.2, 0) is 20.9 Å². The Balaban J connectivity index is 1.83. The lowest BCUT2D eigenvalue weighted by Gasteiger charge is -2.32. The van der Waals surface area contributed by atoms with Gasteiger partial charge in [0.25, 0.3) is 5.65 Å². The largest absolute Gasteiger partial charge is 0.387 e. The fourth-order valence-electron chi connectivity index (χ4n) is 3.64. The predicted molar refractivity (Wildman–Crippen MR) is 112 cm³/mol. The lowest BCUT2D eigenvalue weighted by molar-refractivity contribution is -0.647. The number of aryl methyl sites for hydroxylation is 1. The van der Waals surface area contributed by atoms with Gasteiger partial charge >= 0.3 is 0 Å². The van der Waals surface area contributed by atoms with Crippen LogP contribution >= 0.6 is 20.7 Å². The highest BCUT2D eigenvalue weighted by Crippen LogP contribution is 2.42. The van der Waals surface area contributed by atoms with Crippen molar-refractivity contribution in [3.05, 3.63) is 12.7 Å². The number of hydrogen-bond acceptors (Lipinski definition) is 9. The number of nitrogens with zero attached hydrogens (tertiary/aromatic N) is 4. The summed E-state index contributed by atoms with van der Waals surface area (Å²) in [6, 6.07) is 0. The monoisotopic (exact) mass is 461 g/mol. The first-order chi connectivity index (χ1) is 14.1. The summed E-state index contributed by atoms with van der Waals surface area (Å²) in [6.45, 7) is 5.36. The van der Waals surface area contributed by atoms with Crippen molar-refractivity contribution in [2.45, 2.75) is 81.0 Å². The number of aliphatic hydroxyl groups excluding tert-OH is 3. The van der Waals surface area contributed by atoms with Gasteiger partial charge in [0.2, 0.25) is 26.1 Å². The van der Waals surface area contributed by atoms with Gasteiger partial charge in [-0.3, -0.25) is 4.57 Å². The molecule has 4 unspecified atom stereocenters. The van der Waals surface area contributed by atoms with Crippen molar-refractivity contribution in [1.82, 2.24) is 14.5 Å². The number of fused-ring (bicyclic) bond motifs is 1. The van der Waals surface area contributed by atoms with Crippen LogP contribution in [0, 0.1) is 0 Å². The van der Waals surface area contributed by atoms with Gasteiger partial charge in [0.05, 0.1) is 18.8 Å². The van der Waals surface area contributed by atoms with Crippen LogP contribution < -0.4 is 4.57 Å². The Morgan fingerprint density at radius 3 is 2.73 bits per heavy atom. The molecular formula is C18H30N4O6PS+. The first-order valence-corrected chi connectivity index (χ1v) is 11.8. The second kappa shape index (κ2) is 9.20. The standard InChI is InChI=1S/C18H29N4O6PS/c1-5-11(23)29(26)28-18(3,6-2)7-10-13(24)14(25)17(27-10)22-9-21(4)12-15(22)19-8-20-16(12)30/h8-11,13-14,17,23-25,29H,5-7H2,1-4H3/p+1/t10-,11?,13-,14-,17?,18?/m1/s1. The fourth-order valence-corrected chi connectivity index (χ4v) is 5.13. The molecule has 1 saturated heterocycles. The van der Waals surface area contributed by atoms with E-state index in [0.29, 0.717) is 29.0 Å². The van der Waals surface area contributed by atoms with Crippen LogP contribution in [0.2, 0.25) is 0 Å². The summed E-state index contributed by atoms with van der Waals surface area (Å²) in [7, 11) is -0.880. The molecule has 3 heterocycles. The Hall–Kier alpha value is -1.07. The van der Waals surface area contributed by atoms with Crippen molar-refractivity contribution >= 4 is 31.8 Å². The number of thiol groups is 1. The lowest BCUT2D eigenvalue weighted by Crippen LogP contribution is -2.38. The second-order valence-electron chi connectivity index (χ2n) is 7.90. The van der Waals surface area contributed by atoms with Gasteiger partial charge in [0, 0.05) is 6.42 Å². The van der Waals surface area contributed by atoms with E-state index in [1.807, 2.05) is 6.92 Å². The molecule has 3 N–H and O–H groups in total. The highest BCUT2D eigenvalue weighted by molar-refractivity contribution is 7.80. The Bertz CT molecular complexity index is 929. The molecule has 1 aliphatic rings. The molecule has 0 radical (unpaired) electrons. The summed E-state index contributed by atoms with van der Waals surface area (Å²) in [6.07, 6.45) is 0.0655. The molecule has 12 heteroatoms. The third-order valence-corrected chi connectivity index (χ3v) is 7.65. The maximum Gasteiger partial charge on any atom is 0.275 e. The second-order valence-corrected chi connectivity index (χ2v) is 9.83. The highest BCUT2D eigenvalue weighted by Gasteiger charge is 2.49. The molecule has 0 spiro atoms. The number of aromatic nitrogens is 4. The molecule has 3 rings (SSSR count). The van der Waals surface area contributed by atoms with Crippen molar-refractivity contribution < 1.29 is 33.7 Å². The summed E-state index contributed by atoms with van der Waals surface area (Å²) < 4.78 is 27.4. The molecule has 1 fully saturated rings. The molecule has 0 aromatic carbocycles. The van der Waals surface area contributed by atoms with Crippen LogP contribution in [0.1, 0.15) is 46.3 Å². The molecule has 2 aromatic heterocycles. The minimum Gasteiger partial charge on any atom is -0.387 e. The highest BCUT2D eigenvalue weighted by atomic mass is 32.1. The molecule has 2 aromatic rings. The van der Waals surface area contributed by atoms with Gasteiger partial charge in [-0.15, -0.1) is 12.6 Å². The van der Waals surface area contributed by atoms with Crippen molar-refractivity contribution in [2.24, 2.45) is 7.05 Å². The zero-order valence-electron chi connectivity index (χ0n) is 17.5. The molecule has 0 aliphatic carbocycles. The smallest absolute Gasteiger partial charge is 0.275 e. The first-order valence-electron chi connectivity index (χ1n) is 9.94. The quantitative estimate of drug-likeness (QED) is 0.198. The topological polar surface area (TPSA) is 131 Å². The molecule has 0 amide bonds. The number of ether oxygens (including phenoxy) is 1. The Morgan fingerprint density at radius 2 is 2.10 bits per heavy atom. The van der Waals surface area contributed by atoms with Crippen LogP contribution in [0.3, 0.4) is 0 Å². The van der Waals surface area contributed by atoms with E-state index in [2.05, 4.69) is 22.6 Å². The van der Waals surface area contributed by atoms with E-state index in [-0.39, 0.29) is 6.42 Å². The van der Waals surface area contributed by atoms with E-state index in [1.165, 1.54) is 6.33 Å². The number of rotatable bonds is 8. The maximum absolute atomic E-state index is 12.3. The van der Waals surface area contributed by atoms with E-state index in [0.717, 1.165) is 0 Å². The normalized spacial score (nSPS) is 28.5. The molecular weight excluding hydrogens is 431 g/mol. The minimum atomic E-state index is -2.68. The van der Waals surface area contributed by atoms with E-state index in [9.17, 15) is 19.9 Å². The van der Waals surface area contributed by atoms with E-state index >= 15 is 0 Å². The van der Waals surface area contributed by atoms with Crippen LogP contribution in [0.4, 0.5) is 0 Å². The SMILES string of the molecule is CCC(O)[PH](=O)OC(C)(CC)C[C@H]1OC(n2c[n+](C)c3c(S)ncnc32)[C@H](O)[C@@H]1O. The van der Waals surface area contributed by atoms with Gasteiger partial charge in [-0.1, -0.05) is 13.8 Å². The summed E-state index contributed by atoms with van der Waals surface area (Å²) in [5, 5.41) is 31.6. The van der Waals surface area contributed by atoms with Gasteiger partial charge in [0.15, 0.2) is 0 Å². The van der Waals surface area contributed by atoms with Crippen LogP contribution in [0.5, 0.6) is 0 Å². The van der Waals surface area contributed by atoms with Crippen molar-refractivity contribution in [1.29, 1.82) is 0 Å². The van der Waals surface area contributed by atoms with Crippen molar-refractivity contribution in [3.63, 3.8) is 0 Å². The van der Waals surface area contributed by atoms with Crippen molar-refractivity contribution in [2.75, 3.05) is 0 Å². The van der Waals surface area contributed by atoms with Gasteiger partial charge in [0.1, 0.15) is 29.4 Å². The molecule has 1 aliphatic heterocycles. The van der Waals surface area contributed by atoms with Gasteiger partial charge in [-0.2, -0.15) is 9.55 Å². The molecule has 0 bridgehead atoms. The van der Waals surface area contributed by atoms with Crippen molar-refractivity contribution in [3.8, 4) is 0 Å². The average Bonchev–Trinajstić information content (AvgIpc) is 3.19. The van der Waals surface area contributed by atoms with Gasteiger partial charge in [-0.25, -0.2) is 9.55 Å². The summed E-state index contributed by atoms with van der Waals surface area (Å²) >= 11 is 4.36. The third kappa shape index (κ3) is 4.43. The van der Waals surface area contributed by atoms with Crippen LogP contribution in [-0.4, -0.2) is 59.6 Å². The number of hydrogen-bond donors (Lipinski definition) is 4. The average molecular weight is 462 g/mol. The van der Waals surface area contributed by atoms with E-state index in [1.54, 1.807) is 36.4 Å². The minimum absolute atomic E-state index is 0.198. The molecule has 168 valence electrons.